The van der Waals surface area contributed by atoms with Crippen LogP contribution in [0.1, 0.15) is 42.5 Å². The maximum absolute atomic E-state index is 2.48. The predicted octanol–water partition coefficient (Wildman–Crippen LogP) is 18.0. The number of benzene rings is 10. The van der Waals surface area contributed by atoms with Crippen LogP contribution in [0.3, 0.4) is 0 Å². The number of nitrogens with zero attached hydrogens (tertiary/aromatic N) is 3. The molecule has 0 saturated carbocycles. The molecule has 2 aliphatic carbocycles. The van der Waals surface area contributed by atoms with E-state index in [4.69, 9.17) is 0 Å². The van der Waals surface area contributed by atoms with E-state index in [1.54, 1.807) is 0 Å². The molecule has 332 valence electrons. The van der Waals surface area contributed by atoms with E-state index in [0.717, 1.165) is 29.9 Å². The van der Waals surface area contributed by atoms with E-state index in [2.05, 4.69) is 264 Å². The second-order valence-electron chi connectivity index (χ2n) is 19.6. The van der Waals surface area contributed by atoms with Gasteiger partial charge in [-0.25, -0.2) is 0 Å². The molecule has 70 heavy (non-hydrogen) atoms. The highest BCUT2D eigenvalue weighted by molar-refractivity contribution is 6.11. The molecule has 0 spiro atoms. The van der Waals surface area contributed by atoms with Crippen molar-refractivity contribution in [3.05, 3.63) is 253 Å². The molecule has 12 aromatic rings. The summed E-state index contributed by atoms with van der Waals surface area (Å²) >= 11 is 0. The molecule has 14 rings (SSSR count). The Morgan fingerprint density at radius 2 is 0.914 bits per heavy atom. The predicted molar refractivity (Wildman–Crippen MR) is 296 cm³/mol. The van der Waals surface area contributed by atoms with Crippen molar-refractivity contribution in [2.75, 3.05) is 4.90 Å². The van der Waals surface area contributed by atoms with Gasteiger partial charge in [-0.15, -0.1) is 0 Å². The Bertz CT molecular complexity index is 4020. The SMILES string of the molecule is CC1(C)c2cc(-c3ccc4c(c3)c3ccccc3n4-c3ccccc3)ccc2-c2ccc(N(c3ccc(-c4ccc(-n5c6ccccc6c6ccccc65)cc4)cc3)c3cccc4c3C=CCC4)cc21. The summed E-state index contributed by atoms with van der Waals surface area (Å²) in [6.07, 6.45) is 6.78. The first-order chi connectivity index (χ1) is 34.5. The fraction of sp³-hybridized carbons (Fsp3) is 0.0746. The van der Waals surface area contributed by atoms with E-state index in [9.17, 15) is 0 Å². The lowest BCUT2D eigenvalue weighted by atomic mass is 9.81. The minimum Gasteiger partial charge on any atom is -0.310 e. The fourth-order valence-corrected chi connectivity index (χ4v) is 11.9. The average Bonchev–Trinajstić information content (AvgIpc) is 4.01. The molecule has 0 aliphatic heterocycles. The summed E-state index contributed by atoms with van der Waals surface area (Å²) in [5.41, 5.74) is 23.4. The van der Waals surface area contributed by atoms with Crippen LogP contribution in [0.15, 0.2) is 231 Å². The zero-order valence-electron chi connectivity index (χ0n) is 39.3. The number of hydrogen-bond acceptors (Lipinski definition) is 1. The zero-order valence-corrected chi connectivity index (χ0v) is 39.3. The Kier molecular flexibility index (Phi) is 9.06. The Labute approximate surface area is 408 Å². The van der Waals surface area contributed by atoms with Crippen LogP contribution in [-0.4, -0.2) is 9.13 Å². The number of aryl methyl sites for hydroxylation is 1. The summed E-state index contributed by atoms with van der Waals surface area (Å²) in [6, 6.07) is 83.3. The van der Waals surface area contributed by atoms with Crippen molar-refractivity contribution in [3.8, 4) is 44.8 Å². The third-order valence-electron chi connectivity index (χ3n) is 15.4. The van der Waals surface area contributed by atoms with Crippen LogP contribution >= 0.6 is 0 Å². The lowest BCUT2D eigenvalue weighted by Crippen LogP contribution is -2.17. The van der Waals surface area contributed by atoms with Crippen molar-refractivity contribution in [3.63, 3.8) is 0 Å². The average molecular weight is 896 g/mol. The minimum atomic E-state index is -0.221. The van der Waals surface area contributed by atoms with Gasteiger partial charge in [-0.05, 0) is 154 Å². The van der Waals surface area contributed by atoms with Gasteiger partial charge in [-0.3, -0.25) is 0 Å². The highest BCUT2D eigenvalue weighted by Crippen LogP contribution is 2.52. The van der Waals surface area contributed by atoms with Gasteiger partial charge in [0.15, 0.2) is 0 Å². The first-order valence-corrected chi connectivity index (χ1v) is 24.6. The Morgan fingerprint density at radius 3 is 1.60 bits per heavy atom. The summed E-state index contributed by atoms with van der Waals surface area (Å²) in [5.74, 6) is 0. The maximum atomic E-state index is 2.48. The smallest absolute Gasteiger partial charge is 0.0541 e. The summed E-state index contributed by atoms with van der Waals surface area (Å²) < 4.78 is 4.77. The molecule has 3 nitrogen and oxygen atoms in total. The molecule has 0 saturated heterocycles. The number of para-hydroxylation sites is 4. The van der Waals surface area contributed by atoms with E-state index in [-0.39, 0.29) is 5.41 Å². The van der Waals surface area contributed by atoms with Gasteiger partial charge in [0, 0.05) is 55.3 Å². The third-order valence-corrected chi connectivity index (χ3v) is 15.4. The maximum Gasteiger partial charge on any atom is 0.0541 e. The molecular formula is C67H49N3. The van der Waals surface area contributed by atoms with Gasteiger partial charge < -0.3 is 14.0 Å². The molecule has 2 aliphatic rings. The Hall–Kier alpha value is -8.66. The first-order valence-electron chi connectivity index (χ1n) is 24.6. The summed E-state index contributed by atoms with van der Waals surface area (Å²) in [4.78, 5) is 2.48. The van der Waals surface area contributed by atoms with Crippen LogP contribution < -0.4 is 4.90 Å². The molecule has 0 bridgehead atoms. The second kappa shape index (κ2) is 15.7. The molecule has 2 aromatic heterocycles. The second-order valence-corrected chi connectivity index (χ2v) is 19.6. The molecule has 0 atom stereocenters. The van der Waals surface area contributed by atoms with Crippen LogP contribution in [0, 0.1) is 0 Å². The van der Waals surface area contributed by atoms with E-state index < -0.39 is 0 Å². The lowest BCUT2D eigenvalue weighted by molar-refractivity contribution is 0.660. The molecule has 0 unspecified atom stereocenters. The summed E-state index contributed by atoms with van der Waals surface area (Å²) in [6.45, 7) is 4.81. The molecule has 0 fully saturated rings. The normalized spacial score (nSPS) is 13.5. The number of anilines is 3. The molecule has 0 amide bonds. The van der Waals surface area contributed by atoms with E-state index in [0.29, 0.717) is 0 Å². The Balaban J connectivity index is 0.824. The monoisotopic (exact) mass is 895 g/mol. The zero-order chi connectivity index (χ0) is 46.5. The summed E-state index contributed by atoms with van der Waals surface area (Å²) in [5, 5.41) is 5.09. The van der Waals surface area contributed by atoms with Crippen LogP contribution in [0.25, 0.3) is 94.4 Å². The summed E-state index contributed by atoms with van der Waals surface area (Å²) in [7, 11) is 0. The van der Waals surface area contributed by atoms with Gasteiger partial charge in [0.1, 0.15) is 0 Å². The third kappa shape index (κ3) is 6.21. The molecule has 2 heterocycles. The Morgan fingerprint density at radius 1 is 0.400 bits per heavy atom. The molecule has 10 aromatic carbocycles. The minimum absolute atomic E-state index is 0.221. The quantitative estimate of drug-likeness (QED) is 0.155. The van der Waals surface area contributed by atoms with Crippen LogP contribution in [0.2, 0.25) is 0 Å². The van der Waals surface area contributed by atoms with Gasteiger partial charge in [-0.1, -0.05) is 159 Å². The molecule has 0 N–H and O–H groups in total. The standard InChI is InChI=1S/C67H49N3/c1-67(2)60-42-48(47-32-40-66-59(41-47)58-22-10-13-25-65(58)69(66)49-17-4-3-5-18-49)31-38-54(60)55-39-37-52(43-61(55)67)68(62-26-14-16-46-15-6-7-19-53(46)62)50-33-27-44(28-34-50)45-29-35-51(36-30-45)70-63-23-11-8-20-56(63)57-21-9-12-24-64(57)70/h3-5,7-14,16-43H,6,15H2,1-2H3. The van der Waals surface area contributed by atoms with Crippen molar-refractivity contribution >= 4 is 66.7 Å². The first kappa shape index (κ1) is 40.4. The van der Waals surface area contributed by atoms with Gasteiger partial charge in [0.05, 0.1) is 27.8 Å². The number of rotatable bonds is 7. The molecular weight excluding hydrogens is 847 g/mol. The van der Waals surface area contributed by atoms with Crippen LogP contribution in [-0.2, 0) is 11.8 Å². The topological polar surface area (TPSA) is 13.1 Å². The fourth-order valence-electron chi connectivity index (χ4n) is 11.9. The van der Waals surface area contributed by atoms with E-state index in [1.807, 2.05) is 0 Å². The number of hydrogen-bond donors (Lipinski definition) is 0. The molecule has 0 radical (unpaired) electrons. The van der Waals surface area contributed by atoms with Crippen molar-refractivity contribution in [1.29, 1.82) is 0 Å². The van der Waals surface area contributed by atoms with Crippen LogP contribution in [0.4, 0.5) is 17.1 Å². The van der Waals surface area contributed by atoms with Gasteiger partial charge >= 0.3 is 0 Å². The van der Waals surface area contributed by atoms with Crippen molar-refractivity contribution in [2.24, 2.45) is 0 Å². The van der Waals surface area contributed by atoms with Gasteiger partial charge in [-0.2, -0.15) is 0 Å². The highest BCUT2D eigenvalue weighted by Gasteiger charge is 2.36. The number of allylic oxidation sites excluding steroid dienone is 1. The highest BCUT2D eigenvalue weighted by atomic mass is 15.1. The van der Waals surface area contributed by atoms with E-state index in [1.165, 1.54) is 111 Å². The van der Waals surface area contributed by atoms with Crippen LogP contribution in [0.5, 0.6) is 0 Å². The van der Waals surface area contributed by atoms with Gasteiger partial charge in [0.2, 0.25) is 0 Å². The van der Waals surface area contributed by atoms with Crippen molar-refractivity contribution in [2.45, 2.75) is 32.1 Å². The van der Waals surface area contributed by atoms with Gasteiger partial charge in [0.25, 0.3) is 0 Å². The van der Waals surface area contributed by atoms with Crippen molar-refractivity contribution < 1.29 is 0 Å². The molecule has 3 heteroatoms. The van der Waals surface area contributed by atoms with Crippen molar-refractivity contribution in [1.82, 2.24) is 9.13 Å². The van der Waals surface area contributed by atoms with E-state index >= 15 is 0 Å². The lowest BCUT2D eigenvalue weighted by Gasteiger charge is -2.30. The number of aromatic nitrogens is 2. The number of fused-ring (bicyclic) bond motifs is 10. The largest absolute Gasteiger partial charge is 0.310 e.